The minimum atomic E-state index is 0.229. The summed E-state index contributed by atoms with van der Waals surface area (Å²) in [5.74, 6) is 1.18. The van der Waals surface area contributed by atoms with E-state index in [0.29, 0.717) is 6.17 Å². The molecule has 3 heterocycles. The van der Waals surface area contributed by atoms with E-state index in [1.165, 1.54) is 25.1 Å². The molecule has 114 valence electrons. The van der Waals surface area contributed by atoms with Gasteiger partial charge in [-0.15, -0.1) is 0 Å². The van der Waals surface area contributed by atoms with Crippen LogP contribution in [0.4, 0.5) is 0 Å². The van der Waals surface area contributed by atoms with E-state index in [0.717, 1.165) is 24.1 Å². The van der Waals surface area contributed by atoms with Crippen LogP contribution in [-0.2, 0) is 6.42 Å². The van der Waals surface area contributed by atoms with Crippen molar-refractivity contribution in [1.29, 1.82) is 0 Å². The Kier molecular flexibility index (Phi) is 3.74. The molecule has 0 aromatic carbocycles. The lowest BCUT2D eigenvalue weighted by atomic mass is 9.92. The molecule has 4 heteroatoms. The first kappa shape index (κ1) is 14.5. The van der Waals surface area contributed by atoms with Crippen molar-refractivity contribution in [1.82, 2.24) is 19.4 Å². The van der Waals surface area contributed by atoms with Crippen molar-refractivity contribution in [3.8, 4) is 0 Å². The number of aromatic nitrogens is 3. The summed E-state index contributed by atoms with van der Waals surface area (Å²) < 4.78 is 2.39. The summed E-state index contributed by atoms with van der Waals surface area (Å²) in [4.78, 5) is 11.9. The first-order valence-corrected chi connectivity index (χ1v) is 7.98. The fourth-order valence-corrected chi connectivity index (χ4v) is 3.27. The first-order chi connectivity index (χ1) is 9.96. The van der Waals surface area contributed by atoms with Gasteiger partial charge in [0.25, 0.3) is 0 Å². The van der Waals surface area contributed by atoms with E-state index < -0.39 is 0 Å². The smallest absolute Gasteiger partial charge is 0.161 e. The topological polar surface area (TPSA) is 34.0 Å². The van der Waals surface area contributed by atoms with Crippen LogP contribution in [0.5, 0.6) is 0 Å². The summed E-state index contributed by atoms with van der Waals surface area (Å²) in [6.45, 7) is 7.98. The van der Waals surface area contributed by atoms with Crippen LogP contribution < -0.4 is 0 Å². The van der Waals surface area contributed by atoms with E-state index in [2.05, 4.69) is 48.3 Å². The molecule has 1 atom stereocenters. The second kappa shape index (κ2) is 5.41. The predicted molar refractivity (Wildman–Crippen MR) is 86.2 cm³/mol. The molecule has 1 aliphatic heterocycles. The SMILES string of the molecule is CN1CCCCC1n1c(CC(C)(C)C)nc2cccnc21. The van der Waals surface area contributed by atoms with Crippen LogP contribution >= 0.6 is 0 Å². The van der Waals surface area contributed by atoms with Crippen LogP contribution in [0.1, 0.15) is 52.0 Å². The van der Waals surface area contributed by atoms with Crippen molar-refractivity contribution in [2.45, 2.75) is 52.6 Å². The molecule has 0 aliphatic carbocycles. The van der Waals surface area contributed by atoms with Gasteiger partial charge in [0.1, 0.15) is 11.3 Å². The van der Waals surface area contributed by atoms with Crippen molar-refractivity contribution in [2.24, 2.45) is 5.41 Å². The number of likely N-dealkylation sites (tertiary alicyclic amines) is 1. The largest absolute Gasteiger partial charge is 0.296 e. The Morgan fingerprint density at radius 1 is 1.29 bits per heavy atom. The van der Waals surface area contributed by atoms with E-state index in [4.69, 9.17) is 4.98 Å². The number of imidazole rings is 1. The molecule has 0 bridgehead atoms. The second-order valence-electron chi connectivity index (χ2n) is 7.44. The molecule has 0 N–H and O–H groups in total. The van der Waals surface area contributed by atoms with Gasteiger partial charge >= 0.3 is 0 Å². The van der Waals surface area contributed by atoms with E-state index in [9.17, 15) is 0 Å². The van der Waals surface area contributed by atoms with Crippen LogP contribution in [0.25, 0.3) is 11.2 Å². The summed E-state index contributed by atoms with van der Waals surface area (Å²) in [5.41, 5.74) is 2.29. The lowest BCUT2D eigenvalue weighted by Crippen LogP contribution is -2.35. The van der Waals surface area contributed by atoms with Crippen LogP contribution in [0, 0.1) is 5.41 Å². The van der Waals surface area contributed by atoms with Crippen molar-refractivity contribution in [3.05, 3.63) is 24.2 Å². The number of pyridine rings is 1. The summed E-state index contributed by atoms with van der Waals surface area (Å²) in [6.07, 6.45) is 7.03. The molecule has 1 fully saturated rings. The average molecular weight is 286 g/mol. The highest BCUT2D eigenvalue weighted by Gasteiger charge is 2.27. The normalized spacial score (nSPS) is 21.0. The van der Waals surface area contributed by atoms with Gasteiger partial charge in [0.05, 0.1) is 6.17 Å². The zero-order chi connectivity index (χ0) is 15.0. The van der Waals surface area contributed by atoms with E-state index in [-0.39, 0.29) is 5.41 Å². The highest BCUT2D eigenvalue weighted by Crippen LogP contribution is 2.31. The van der Waals surface area contributed by atoms with Crippen molar-refractivity contribution in [2.75, 3.05) is 13.6 Å². The maximum Gasteiger partial charge on any atom is 0.161 e. The number of fused-ring (bicyclic) bond motifs is 1. The van der Waals surface area contributed by atoms with Gasteiger partial charge in [-0.2, -0.15) is 0 Å². The maximum absolute atomic E-state index is 4.88. The molecule has 1 saturated heterocycles. The molecule has 0 spiro atoms. The minimum absolute atomic E-state index is 0.229. The molecule has 0 amide bonds. The van der Waals surface area contributed by atoms with Crippen LogP contribution in [0.2, 0.25) is 0 Å². The average Bonchev–Trinajstić information content (AvgIpc) is 2.75. The van der Waals surface area contributed by atoms with Gasteiger partial charge in [-0.25, -0.2) is 9.97 Å². The third-order valence-electron chi connectivity index (χ3n) is 4.24. The number of hydrogen-bond donors (Lipinski definition) is 0. The van der Waals surface area contributed by atoms with Crippen molar-refractivity contribution < 1.29 is 0 Å². The number of hydrogen-bond acceptors (Lipinski definition) is 3. The third-order valence-corrected chi connectivity index (χ3v) is 4.24. The Bertz CT molecular complexity index is 623. The van der Waals surface area contributed by atoms with Gasteiger partial charge in [0.2, 0.25) is 0 Å². The molecule has 0 saturated carbocycles. The van der Waals surface area contributed by atoms with Crippen LogP contribution in [-0.4, -0.2) is 33.0 Å². The van der Waals surface area contributed by atoms with Gasteiger partial charge in [-0.3, -0.25) is 9.47 Å². The lowest BCUT2D eigenvalue weighted by Gasteiger charge is -2.35. The van der Waals surface area contributed by atoms with Crippen LogP contribution in [0.3, 0.4) is 0 Å². The molecular weight excluding hydrogens is 260 g/mol. The molecule has 0 radical (unpaired) electrons. The summed E-state index contributed by atoms with van der Waals surface area (Å²) in [5, 5.41) is 0. The second-order valence-corrected chi connectivity index (χ2v) is 7.44. The van der Waals surface area contributed by atoms with E-state index in [1.807, 2.05) is 12.3 Å². The lowest BCUT2D eigenvalue weighted by molar-refractivity contribution is 0.126. The van der Waals surface area contributed by atoms with E-state index in [1.54, 1.807) is 0 Å². The predicted octanol–water partition coefficient (Wildman–Crippen LogP) is 3.63. The summed E-state index contributed by atoms with van der Waals surface area (Å²) >= 11 is 0. The Hall–Kier alpha value is -1.42. The zero-order valence-corrected chi connectivity index (χ0v) is 13.6. The van der Waals surface area contributed by atoms with E-state index >= 15 is 0 Å². The number of piperidine rings is 1. The van der Waals surface area contributed by atoms with Crippen LogP contribution in [0.15, 0.2) is 18.3 Å². The summed E-state index contributed by atoms with van der Waals surface area (Å²) in [7, 11) is 2.22. The highest BCUT2D eigenvalue weighted by atomic mass is 15.3. The molecule has 3 rings (SSSR count). The molecule has 2 aromatic heterocycles. The summed E-state index contributed by atoms with van der Waals surface area (Å²) in [6, 6.07) is 4.05. The Balaban J connectivity index is 2.10. The van der Waals surface area contributed by atoms with Gasteiger partial charge in [0, 0.05) is 12.6 Å². The van der Waals surface area contributed by atoms with Gasteiger partial charge in [-0.05, 0) is 50.4 Å². The maximum atomic E-state index is 4.88. The molecule has 2 aromatic rings. The Morgan fingerprint density at radius 2 is 2.10 bits per heavy atom. The minimum Gasteiger partial charge on any atom is -0.296 e. The monoisotopic (exact) mass is 286 g/mol. The van der Waals surface area contributed by atoms with Crippen molar-refractivity contribution in [3.63, 3.8) is 0 Å². The third kappa shape index (κ3) is 2.95. The Labute approximate surface area is 127 Å². The van der Waals surface area contributed by atoms with Crippen molar-refractivity contribution >= 4 is 11.2 Å². The molecule has 21 heavy (non-hydrogen) atoms. The first-order valence-electron chi connectivity index (χ1n) is 7.98. The fraction of sp³-hybridized carbons (Fsp3) is 0.647. The Morgan fingerprint density at radius 3 is 2.81 bits per heavy atom. The quantitative estimate of drug-likeness (QED) is 0.845. The number of rotatable bonds is 2. The molecule has 1 aliphatic rings. The molecule has 4 nitrogen and oxygen atoms in total. The number of nitrogens with zero attached hydrogens (tertiary/aromatic N) is 4. The van der Waals surface area contributed by atoms with Gasteiger partial charge in [-0.1, -0.05) is 20.8 Å². The highest BCUT2D eigenvalue weighted by molar-refractivity contribution is 5.71. The molecule has 1 unspecified atom stereocenters. The van der Waals surface area contributed by atoms with Gasteiger partial charge < -0.3 is 0 Å². The van der Waals surface area contributed by atoms with Gasteiger partial charge in [0.15, 0.2) is 5.65 Å². The standard InChI is InChI=1S/C17H26N4/c1-17(2,3)12-14-19-13-8-7-10-18-16(13)21(14)15-9-5-6-11-20(15)4/h7-8,10,15H,5-6,9,11-12H2,1-4H3. The molecular formula is C17H26N4. The zero-order valence-electron chi connectivity index (χ0n) is 13.6. The fourth-order valence-electron chi connectivity index (χ4n) is 3.27.